The second-order valence-corrected chi connectivity index (χ2v) is 3.40. The molecule has 3 heteroatoms. The van der Waals surface area contributed by atoms with Crippen LogP contribution in [0.1, 0.15) is 34.6 Å². The molecule has 0 radical (unpaired) electrons. The maximum atomic E-state index is 11.5. The molecular formula is C11H12O3. The number of Topliss-reactive ketones (excluding diaryl/α,β-unsaturated/α-hetero) is 1. The van der Waals surface area contributed by atoms with Crippen molar-refractivity contribution in [2.75, 3.05) is 0 Å². The quantitative estimate of drug-likeness (QED) is 0.747. The fourth-order valence-corrected chi connectivity index (χ4v) is 1.14. The third kappa shape index (κ3) is 2.19. The summed E-state index contributed by atoms with van der Waals surface area (Å²) in [6.07, 6.45) is 0. The SMILES string of the molecule is CC(C)C(=O)c1cccc(C(=O)O)c1. The Kier molecular flexibility index (Phi) is 3.02. The van der Waals surface area contributed by atoms with Crippen molar-refractivity contribution in [1.82, 2.24) is 0 Å². The average molecular weight is 192 g/mol. The van der Waals surface area contributed by atoms with E-state index in [0.29, 0.717) is 5.56 Å². The third-order valence-corrected chi connectivity index (χ3v) is 1.92. The van der Waals surface area contributed by atoms with Crippen molar-refractivity contribution in [3.8, 4) is 0 Å². The van der Waals surface area contributed by atoms with Crippen LogP contribution in [0.5, 0.6) is 0 Å². The molecule has 0 aliphatic carbocycles. The van der Waals surface area contributed by atoms with Gasteiger partial charge < -0.3 is 5.11 Å². The highest BCUT2D eigenvalue weighted by atomic mass is 16.4. The molecule has 14 heavy (non-hydrogen) atoms. The van der Waals surface area contributed by atoms with Gasteiger partial charge in [0.1, 0.15) is 0 Å². The van der Waals surface area contributed by atoms with Gasteiger partial charge in [0.25, 0.3) is 0 Å². The first kappa shape index (κ1) is 10.4. The number of carboxylic acid groups (broad SMARTS) is 1. The van der Waals surface area contributed by atoms with Crippen LogP contribution in [0, 0.1) is 5.92 Å². The van der Waals surface area contributed by atoms with E-state index in [2.05, 4.69) is 0 Å². The summed E-state index contributed by atoms with van der Waals surface area (Å²) in [6, 6.07) is 6.10. The van der Waals surface area contributed by atoms with Crippen molar-refractivity contribution in [3.63, 3.8) is 0 Å². The maximum Gasteiger partial charge on any atom is 0.335 e. The van der Waals surface area contributed by atoms with Gasteiger partial charge in [-0.05, 0) is 12.1 Å². The van der Waals surface area contributed by atoms with Crippen LogP contribution in [-0.2, 0) is 0 Å². The lowest BCUT2D eigenvalue weighted by Gasteiger charge is -2.04. The molecule has 1 N–H and O–H groups in total. The van der Waals surface area contributed by atoms with Gasteiger partial charge in [0, 0.05) is 11.5 Å². The Labute approximate surface area is 82.4 Å². The molecule has 74 valence electrons. The van der Waals surface area contributed by atoms with Crippen molar-refractivity contribution in [2.24, 2.45) is 5.92 Å². The van der Waals surface area contributed by atoms with E-state index in [1.807, 2.05) is 0 Å². The molecule has 0 atom stereocenters. The fraction of sp³-hybridized carbons (Fsp3) is 0.273. The smallest absolute Gasteiger partial charge is 0.335 e. The lowest BCUT2D eigenvalue weighted by Crippen LogP contribution is -2.08. The van der Waals surface area contributed by atoms with Gasteiger partial charge in [0.2, 0.25) is 0 Å². The first-order valence-corrected chi connectivity index (χ1v) is 4.40. The largest absolute Gasteiger partial charge is 0.478 e. The van der Waals surface area contributed by atoms with Crippen LogP contribution in [0.15, 0.2) is 24.3 Å². The van der Waals surface area contributed by atoms with Crippen LogP contribution >= 0.6 is 0 Å². The lowest BCUT2D eigenvalue weighted by molar-refractivity contribution is 0.0697. The van der Waals surface area contributed by atoms with Crippen LogP contribution in [-0.4, -0.2) is 16.9 Å². The lowest BCUT2D eigenvalue weighted by atomic mass is 9.99. The van der Waals surface area contributed by atoms with E-state index in [1.165, 1.54) is 12.1 Å². The summed E-state index contributed by atoms with van der Waals surface area (Å²) in [5.41, 5.74) is 0.608. The highest BCUT2D eigenvalue weighted by Gasteiger charge is 2.12. The van der Waals surface area contributed by atoms with E-state index >= 15 is 0 Å². The summed E-state index contributed by atoms with van der Waals surface area (Å²) >= 11 is 0. The Morgan fingerprint density at radius 1 is 1.21 bits per heavy atom. The summed E-state index contributed by atoms with van der Waals surface area (Å²) in [4.78, 5) is 22.2. The molecule has 0 fully saturated rings. The van der Waals surface area contributed by atoms with Crippen LogP contribution in [0.25, 0.3) is 0 Å². The predicted octanol–water partition coefficient (Wildman–Crippen LogP) is 2.22. The van der Waals surface area contributed by atoms with E-state index in [1.54, 1.807) is 26.0 Å². The van der Waals surface area contributed by atoms with Gasteiger partial charge in [-0.2, -0.15) is 0 Å². The van der Waals surface area contributed by atoms with E-state index in [0.717, 1.165) is 0 Å². The van der Waals surface area contributed by atoms with E-state index in [4.69, 9.17) is 5.11 Å². The van der Waals surface area contributed by atoms with E-state index < -0.39 is 5.97 Å². The Morgan fingerprint density at radius 2 is 1.79 bits per heavy atom. The molecule has 1 aromatic rings. The van der Waals surface area contributed by atoms with Crippen molar-refractivity contribution >= 4 is 11.8 Å². The minimum atomic E-state index is -1.01. The molecule has 1 rings (SSSR count). The number of ketones is 1. The van der Waals surface area contributed by atoms with Crippen LogP contribution in [0.4, 0.5) is 0 Å². The van der Waals surface area contributed by atoms with Crippen LogP contribution < -0.4 is 0 Å². The molecule has 0 bridgehead atoms. The molecule has 0 aliphatic heterocycles. The minimum absolute atomic E-state index is 0.0342. The Morgan fingerprint density at radius 3 is 2.29 bits per heavy atom. The molecule has 0 spiro atoms. The Bertz CT molecular complexity index is 367. The van der Waals surface area contributed by atoms with Crippen molar-refractivity contribution < 1.29 is 14.7 Å². The van der Waals surface area contributed by atoms with Crippen molar-refractivity contribution in [1.29, 1.82) is 0 Å². The molecular weight excluding hydrogens is 180 g/mol. The zero-order valence-electron chi connectivity index (χ0n) is 8.15. The summed E-state index contributed by atoms with van der Waals surface area (Å²) in [6.45, 7) is 3.57. The third-order valence-electron chi connectivity index (χ3n) is 1.92. The molecule has 0 heterocycles. The summed E-state index contributed by atoms with van der Waals surface area (Å²) in [5.74, 6) is -1.16. The summed E-state index contributed by atoms with van der Waals surface area (Å²) in [5, 5.41) is 8.72. The summed E-state index contributed by atoms with van der Waals surface area (Å²) in [7, 11) is 0. The second-order valence-electron chi connectivity index (χ2n) is 3.40. The monoisotopic (exact) mass is 192 g/mol. The second kappa shape index (κ2) is 4.05. The first-order valence-electron chi connectivity index (χ1n) is 4.40. The molecule has 3 nitrogen and oxygen atoms in total. The zero-order chi connectivity index (χ0) is 10.7. The van der Waals surface area contributed by atoms with Crippen LogP contribution in [0.3, 0.4) is 0 Å². The standard InChI is InChI=1S/C11H12O3/c1-7(2)10(12)8-4-3-5-9(6-8)11(13)14/h3-7H,1-2H3,(H,13,14). The van der Waals surface area contributed by atoms with E-state index in [-0.39, 0.29) is 17.3 Å². The van der Waals surface area contributed by atoms with Gasteiger partial charge in [-0.1, -0.05) is 26.0 Å². The fourth-order valence-electron chi connectivity index (χ4n) is 1.14. The molecule has 0 saturated carbocycles. The predicted molar refractivity (Wildman–Crippen MR) is 52.6 cm³/mol. The van der Waals surface area contributed by atoms with Gasteiger partial charge in [0.15, 0.2) is 5.78 Å². The number of hydrogen-bond acceptors (Lipinski definition) is 2. The number of carbonyl (C=O) groups is 2. The van der Waals surface area contributed by atoms with Gasteiger partial charge in [-0.15, -0.1) is 0 Å². The number of rotatable bonds is 3. The highest BCUT2D eigenvalue weighted by Crippen LogP contribution is 2.10. The van der Waals surface area contributed by atoms with Gasteiger partial charge in [-0.3, -0.25) is 4.79 Å². The molecule has 0 amide bonds. The van der Waals surface area contributed by atoms with Crippen molar-refractivity contribution in [2.45, 2.75) is 13.8 Å². The Hall–Kier alpha value is -1.64. The number of hydrogen-bond donors (Lipinski definition) is 1. The maximum absolute atomic E-state index is 11.5. The molecule has 1 aromatic carbocycles. The molecule has 0 aliphatic rings. The topological polar surface area (TPSA) is 54.4 Å². The molecule has 0 unspecified atom stereocenters. The van der Waals surface area contributed by atoms with E-state index in [9.17, 15) is 9.59 Å². The minimum Gasteiger partial charge on any atom is -0.478 e. The normalized spacial score (nSPS) is 10.2. The van der Waals surface area contributed by atoms with Gasteiger partial charge >= 0.3 is 5.97 Å². The molecule has 0 aromatic heterocycles. The van der Waals surface area contributed by atoms with Gasteiger partial charge in [0.05, 0.1) is 5.56 Å². The van der Waals surface area contributed by atoms with Crippen molar-refractivity contribution in [3.05, 3.63) is 35.4 Å². The summed E-state index contributed by atoms with van der Waals surface area (Å²) < 4.78 is 0. The Balaban J connectivity index is 3.06. The number of aromatic carboxylic acids is 1. The molecule has 0 saturated heterocycles. The number of carbonyl (C=O) groups excluding carboxylic acids is 1. The number of benzene rings is 1. The average Bonchev–Trinajstić information content (AvgIpc) is 2.16. The zero-order valence-corrected chi connectivity index (χ0v) is 8.15. The highest BCUT2D eigenvalue weighted by molar-refractivity contribution is 5.99. The van der Waals surface area contributed by atoms with Crippen LogP contribution in [0.2, 0.25) is 0 Å². The first-order chi connectivity index (χ1) is 6.52. The number of carboxylic acids is 1. The van der Waals surface area contributed by atoms with Gasteiger partial charge in [-0.25, -0.2) is 4.79 Å².